The maximum Gasteiger partial charge on any atom is 0.320 e. The van der Waals surface area contributed by atoms with Gasteiger partial charge in [0.05, 0.1) is 10.0 Å². The van der Waals surface area contributed by atoms with Crippen LogP contribution >= 0.6 is 23.2 Å². The highest BCUT2D eigenvalue weighted by Gasteiger charge is 2.15. The van der Waals surface area contributed by atoms with Crippen LogP contribution in [0.5, 0.6) is 11.5 Å². The molecular formula is C15H13Cl2NO3. The van der Waals surface area contributed by atoms with Gasteiger partial charge in [0, 0.05) is 12.5 Å². The Morgan fingerprint density at radius 1 is 1.19 bits per heavy atom. The third kappa shape index (κ3) is 4.11. The van der Waals surface area contributed by atoms with Crippen molar-refractivity contribution in [2.75, 3.05) is 0 Å². The van der Waals surface area contributed by atoms with Gasteiger partial charge in [-0.25, -0.2) is 0 Å². The third-order valence-corrected chi connectivity index (χ3v) is 3.59. The van der Waals surface area contributed by atoms with Crippen molar-refractivity contribution in [2.24, 2.45) is 5.73 Å². The Kier molecular flexibility index (Phi) is 5.07. The van der Waals surface area contributed by atoms with Gasteiger partial charge in [0.2, 0.25) is 0 Å². The minimum absolute atomic E-state index is 0.173. The first-order chi connectivity index (χ1) is 9.97. The molecular weight excluding hydrogens is 313 g/mol. The fourth-order valence-corrected chi connectivity index (χ4v) is 2.05. The number of benzene rings is 2. The summed E-state index contributed by atoms with van der Waals surface area (Å²) in [6, 6.07) is 11.0. The Labute approximate surface area is 132 Å². The number of ether oxygens (including phenoxy) is 1. The molecule has 0 heterocycles. The molecule has 3 N–H and O–H groups in total. The summed E-state index contributed by atoms with van der Waals surface area (Å²) >= 11 is 11.8. The molecule has 0 aliphatic rings. The van der Waals surface area contributed by atoms with Gasteiger partial charge in [0.25, 0.3) is 0 Å². The van der Waals surface area contributed by atoms with Crippen LogP contribution < -0.4 is 10.5 Å². The lowest BCUT2D eigenvalue weighted by Gasteiger charge is -2.13. The van der Waals surface area contributed by atoms with Crippen molar-refractivity contribution in [3.63, 3.8) is 0 Å². The number of para-hydroxylation sites is 1. The zero-order valence-electron chi connectivity index (χ0n) is 10.9. The van der Waals surface area contributed by atoms with E-state index in [-0.39, 0.29) is 6.42 Å². The van der Waals surface area contributed by atoms with E-state index >= 15 is 0 Å². The van der Waals surface area contributed by atoms with Crippen molar-refractivity contribution < 1.29 is 14.6 Å². The lowest BCUT2D eigenvalue weighted by atomic mass is 10.1. The smallest absolute Gasteiger partial charge is 0.320 e. The van der Waals surface area contributed by atoms with E-state index < -0.39 is 12.0 Å². The second-order valence-electron chi connectivity index (χ2n) is 4.43. The Morgan fingerprint density at radius 2 is 1.90 bits per heavy atom. The summed E-state index contributed by atoms with van der Waals surface area (Å²) in [6.45, 7) is 0. The molecule has 2 aromatic carbocycles. The van der Waals surface area contributed by atoms with Crippen molar-refractivity contribution in [2.45, 2.75) is 12.5 Å². The van der Waals surface area contributed by atoms with Gasteiger partial charge in [-0.3, -0.25) is 4.79 Å². The molecule has 110 valence electrons. The van der Waals surface area contributed by atoms with E-state index in [1.807, 2.05) is 0 Å². The zero-order chi connectivity index (χ0) is 15.4. The van der Waals surface area contributed by atoms with Crippen molar-refractivity contribution in [1.82, 2.24) is 0 Å². The lowest BCUT2D eigenvalue weighted by Crippen LogP contribution is -2.32. The quantitative estimate of drug-likeness (QED) is 0.878. The molecule has 0 aromatic heterocycles. The molecule has 0 aliphatic heterocycles. The van der Waals surface area contributed by atoms with Crippen LogP contribution in [0, 0.1) is 0 Å². The minimum atomic E-state index is -1.06. The number of rotatable bonds is 5. The lowest BCUT2D eigenvalue weighted by molar-refractivity contribution is -0.138. The second kappa shape index (κ2) is 6.80. The number of carboxylic acids is 1. The molecule has 0 bridgehead atoms. The molecule has 0 spiro atoms. The molecule has 0 aliphatic carbocycles. The van der Waals surface area contributed by atoms with E-state index in [0.29, 0.717) is 27.1 Å². The Bertz CT molecular complexity index is 661. The van der Waals surface area contributed by atoms with E-state index in [2.05, 4.69) is 0 Å². The summed E-state index contributed by atoms with van der Waals surface area (Å²) in [6.07, 6.45) is 0.173. The highest BCUT2D eigenvalue weighted by atomic mass is 35.5. The van der Waals surface area contributed by atoms with E-state index in [4.69, 9.17) is 38.8 Å². The molecule has 0 amide bonds. The standard InChI is InChI=1S/C15H13Cl2NO3/c16-11-6-5-10(8-12(11)17)21-14-4-2-1-3-9(14)7-13(18)15(19)20/h1-6,8,13H,7,18H2,(H,19,20)/t13-/m0/s1. The van der Waals surface area contributed by atoms with Crippen molar-refractivity contribution in [3.8, 4) is 11.5 Å². The van der Waals surface area contributed by atoms with Crippen molar-refractivity contribution in [3.05, 3.63) is 58.1 Å². The predicted octanol–water partition coefficient (Wildman–Crippen LogP) is 3.74. The van der Waals surface area contributed by atoms with Gasteiger partial charge in [0.1, 0.15) is 17.5 Å². The first-order valence-electron chi connectivity index (χ1n) is 6.16. The molecule has 0 saturated carbocycles. The minimum Gasteiger partial charge on any atom is -0.480 e. The first kappa shape index (κ1) is 15.6. The number of hydrogen-bond acceptors (Lipinski definition) is 3. The van der Waals surface area contributed by atoms with Gasteiger partial charge in [-0.1, -0.05) is 41.4 Å². The molecule has 1 atom stereocenters. The number of carboxylic acid groups (broad SMARTS) is 1. The number of carbonyl (C=O) groups is 1. The SMILES string of the molecule is N[C@@H](Cc1ccccc1Oc1ccc(Cl)c(Cl)c1)C(=O)O. The highest BCUT2D eigenvalue weighted by Crippen LogP contribution is 2.31. The number of nitrogens with two attached hydrogens (primary N) is 1. The maximum absolute atomic E-state index is 10.9. The number of hydrogen-bond donors (Lipinski definition) is 2. The van der Waals surface area contributed by atoms with Crippen LogP contribution in [0.25, 0.3) is 0 Å². The van der Waals surface area contributed by atoms with Gasteiger partial charge in [-0.05, 0) is 23.8 Å². The van der Waals surface area contributed by atoms with Gasteiger partial charge >= 0.3 is 5.97 Å². The summed E-state index contributed by atoms with van der Waals surface area (Å²) in [5, 5.41) is 9.71. The zero-order valence-corrected chi connectivity index (χ0v) is 12.4. The average Bonchev–Trinajstić information content (AvgIpc) is 2.45. The fourth-order valence-electron chi connectivity index (χ4n) is 1.76. The van der Waals surface area contributed by atoms with E-state index in [1.54, 1.807) is 42.5 Å². The highest BCUT2D eigenvalue weighted by molar-refractivity contribution is 6.42. The van der Waals surface area contributed by atoms with Gasteiger partial charge < -0.3 is 15.6 Å². The molecule has 2 aromatic rings. The van der Waals surface area contributed by atoms with Crippen LogP contribution in [0.1, 0.15) is 5.56 Å². The average molecular weight is 326 g/mol. The van der Waals surface area contributed by atoms with Gasteiger partial charge in [-0.15, -0.1) is 0 Å². The summed E-state index contributed by atoms with van der Waals surface area (Å²) in [5.74, 6) is -0.00678. The van der Waals surface area contributed by atoms with E-state index in [0.717, 1.165) is 0 Å². The van der Waals surface area contributed by atoms with E-state index in [1.165, 1.54) is 0 Å². The monoisotopic (exact) mass is 325 g/mol. The number of halogens is 2. The largest absolute Gasteiger partial charge is 0.480 e. The molecule has 2 rings (SSSR count). The van der Waals surface area contributed by atoms with Crippen LogP contribution in [0.4, 0.5) is 0 Å². The first-order valence-corrected chi connectivity index (χ1v) is 6.92. The predicted molar refractivity (Wildman–Crippen MR) is 82.3 cm³/mol. The van der Waals surface area contributed by atoms with Gasteiger partial charge in [-0.2, -0.15) is 0 Å². The summed E-state index contributed by atoms with van der Waals surface area (Å²) in [5.41, 5.74) is 6.27. The topological polar surface area (TPSA) is 72.5 Å². The molecule has 0 radical (unpaired) electrons. The van der Waals surface area contributed by atoms with Crippen LogP contribution in [0.3, 0.4) is 0 Å². The summed E-state index contributed by atoms with van der Waals surface area (Å²) in [4.78, 5) is 10.9. The third-order valence-electron chi connectivity index (χ3n) is 2.85. The Balaban J connectivity index is 2.23. The van der Waals surface area contributed by atoms with Crippen molar-refractivity contribution in [1.29, 1.82) is 0 Å². The van der Waals surface area contributed by atoms with Crippen LogP contribution in [-0.2, 0) is 11.2 Å². The second-order valence-corrected chi connectivity index (χ2v) is 5.25. The summed E-state index contributed by atoms with van der Waals surface area (Å²) < 4.78 is 5.73. The van der Waals surface area contributed by atoms with Crippen LogP contribution in [-0.4, -0.2) is 17.1 Å². The molecule has 0 fully saturated rings. The Hall–Kier alpha value is -1.75. The number of aliphatic carboxylic acids is 1. The molecule has 4 nitrogen and oxygen atoms in total. The molecule has 0 unspecified atom stereocenters. The van der Waals surface area contributed by atoms with E-state index in [9.17, 15) is 4.79 Å². The normalized spacial score (nSPS) is 12.0. The van der Waals surface area contributed by atoms with Gasteiger partial charge in [0.15, 0.2) is 0 Å². The van der Waals surface area contributed by atoms with Crippen LogP contribution in [0.2, 0.25) is 10.0 Å². The molecule has 21 heavy (non-hydrogen) atoms. The molecule has 0 saturated heterocycles. The molecule has 6 heteroatoms. The maximum atomic E-state index is 10.9. The Morgan fingerprint density at radius 3 is 2.57 bits per heavy atom. The van der Waals surface area contributed by atoms with Crippen molar-refractivity contribution >= 4 is 29.2 Å². The summed E-state index contributed by atoms with van der Waals surface area (Å²) in [7, 11) is 0. The fraction of sp³-hybridized carbons (Fsp3) is 0.133. The van der Waals surface area contributed by atoms with Crippen LogP contribution in [0.15, 0.2) is 42.5 Å².